The van der Waals surface area contributed by atoms with Gasteiger partial charge in [-0.2, -0.15) is 13.2 Å². The summed E-state index contributed by atoms with van der Waals surface area (Å²) in [7, 11) is 0. The number of nitrogens with one attached hydrogen (secondary N) is 2. The van der Waals surface area contributed by atoms with Crippen LogP contribution in [0.2, 0.25) is 0 Å². The monoisotopic (exact) mass is 324 g/mol. The van der Waals surface area contributed by atoms with Crippen molar-refractivity contribution in [2.45, 2.75) is 51.4 Å². The van der Waals surface area contributed by atoms with E-state index in [1.54, 1.807) is 19.2 Å². The zero-order chi connectivity index (χ0) is 17.1. The Kier molecular flexibility index (Phi) is 5.78. The highest BCUT2D eigenvalue weighted by atomic mass is 19.4. The van der Waals surface area contributed by atoms with Gasteiger partial charge in [-0.15, -0.1) is 0 Å². The van der Waals surface area contributed by atoms with Crippen LogP contribution in [0.3, 0.4) is 0 Å². The molecule has 0 spiro atoms. The van der Waals surface area contributed by atoms with E-state index in [1.807, 2.05) is 0 Å². The molecule has 2 amide bonds. The molecular formula is C13H19F3N2O4. The average molecular weight is 324 g/mol. The van der Waals surface area contributed by atoms with Gasteiger partial charge in [-0.1, -0.05) is 13.8 Å². The summed E-state index contributed by atoms with van der Waals surface area (Å²) in [6.45, 7) is 3.53. The summed E-state index contributed by atoms with van der Waals surface area (Å²) in [6, 6.07) is -3.13. The van der Waals surface area contributed by atoms with Crippen molar-refractivity contribution in [3.8, 4) is 0 Å². The van der Waals surface area contributed by atoms with Crippen molar-refractivity contribution in [1.29, 1.82) is 0 Å². The lowest BCUT2D eigenvalue weighted by atomic mass is 9.92. The minimum atomic E-state index is -4.56. The molecule has 0 aromatic heterocycles. The Bertz CT molecular complexity index is 451. The van der Waals surface area contributed by atoms with Crippen LogP contribution < -0.4 is 10.6 Å². The third-order valence-corrected chi connectivity index (χ3v) is 3.41. The third-order valence-electron chi connectivity index (χ3n) is 3.41. The fraction of sp³-hybridized carbons (Fsp3) is 0.769. The summed E-state index contributed by atoms with van der Waals surface area (Å²) < 4.78 is 37.5. The number of piperidine rings is 1. The second-order valence-electron chi connectivity index (χ2n) is 5.76. The maximum atomic E-state index is 12.5. The van der Waals surface area contributed by atoms with Crippen LogP contribution in [0.15, 0.2) is 0 Å². The normalized spacial score (nSPS) is 23.8. The maximum Gasteiger partial charge on any atom is 0.408 e. The van der Waals surface area contributed by atoms with Gasteiger partial charge in [0.15, 0.2) is 0 Å². The van der Waals surface area contributed by atoms with Gasteiger partial charge in [-0.25, -0.2) is 4.79 Å². The number of carbonyl (C=O) groups excluding carboxylic acids is 2. The molecule has 3 N–H and O–H groups in total. The minimum absolute atomic E-state index is 0.00353. The van der Waals surface area contributed by atoms with Crippen LogP contribution in [0, 0.1) is 11.8 Å². The minimum Gasteiger partial charge on any atom is -0.480 e. The van der Waals surface area contributed by atoms with E-state index < -0.39 is 48.4 Å². The summed E-state index contributed by atoms with van der Waals surface area (Å²) >= 11 is 0. The van der Waals surface area contributed by atoms with Crippen LogP contribution in [-0.2, 0) is 14.4 Å². The van der Waals surface area contributed by atoms with Crippen molar-refractivity contribution in [1.82, 2.24) is 10.6 Å². The number of carboxylic acids is 1. The van der Waals surface area contributed by atoms with E-state index in [4.69, 9.17) is 5.11 Å². The SMILES string of the molecule is CC(C)C[C@@H](NC(=O)[C@H]1CC[C@H](C(F)(F)F)NC1=O)C(=O)O. The molecule has 0 aromatic carbocycles. The van der Waals surface area contributed by atoms with Gasteiger partial charge in [0.2, 0.25) is 11.8 Å². The predicted octanol–water partition coefficient (Wildman–Crippen LogP) is 1.06. The fourth-order valence-electron chi connectivity index (χ4n) is 2.27. The first-order chi connectivity index (χ1) is 10.0. The molecule has 1 aliphatic rings. The van der Waals surface area contributed by atoms with Crippen LogP contribution in [0.5, 0.6) is 0 Å². The summed E-state index contributed by atoms with van der Waals surface area (Å²) in [5.41, 5.74) is 0. The number of rotatable bonds is 5. The number of hydrogen-bond donors (Lipinski definition) is 3. The van der Waals surface area contributed by atoms with Gasteiger partial charge in [-0.05, 0) is 25.2 Å². The molecule has 0 unspecified atom stereocenters. The largest absolute Gasteiger partial charge is 0.480 e. The van der Waals surface area contributed by atoms with E-state index >= 15 is 0 Å². The summed E-state index contributed by atoms with van der Waals surface area (Å²) in [5, 5.41) is 13.0. The van der Waals surface area contributed by atoms with E-state index in [1.165, 1.54) is 0 Å². The van der Waals surface area contributed by atoms with Crippen LogP contribution >= 0.6 is 0 Å². The van der Waals surface area contributed by atoms with E-state index in [2.05, 4.69) is 5.32 Å². The summed E-state index contributed by atoms with van der Waals surface area (Å²) in [5.74, 6) is -4.43. The Morgan fingerprint density at radius 1 is 1.36 bits per heavy atom. The number of carboxylic acid groups (broad SMARTS) is 1. The van der Waals surface area contributed by atoms with E-state index in [0.29, 0.717) is 0 Å². The van der Waals surface area contributed by atoms with Gasteiger partial charge in [0, 0.05) is 0 Å². The van der Waals surface area contributed by atoms with Gasteiger partial charge in [0.25, 0.3) is 0 Å². The van der Waals surface area contributed by atoms with Crippen molar-refractivity contribution in [3.05, 3.63) is 0 Å². The smallest absolute Gasteiger partial charge is 0.408 e. The highest BCUT2D eigenvalue weighted by Gasteiger charge is 2.46. The summed E-state index contributed by atoms with van der Waals surface area (Å²) in [6.07, 6.45) is -5.07. The topological polar surface area (TPSA) is 95.5 Å². The molecule has 22 heavy (non-hydrogen) atoms. The van der Waals surface area contributed by atoms with Crippen LogP contribution in [0.25, 0.3) is 0 Å². The van der Waals surface area contributed by atoms with Gasteiger partial charge >= 0.3 is 12.1 Å². The molecule has 0 aliphatic carbocycles. The molecule has 1 rings (SSSR count). The number of aliphatic carboxylic acids is 1. The molecule has 3 atom stereocenters. The second-order valence-corrected chi connectivity index (χ2v) is 5.76. The van der Waals surface area contributed by atoms with Crippen LogP contribution in [0.1, 0.15) is 33.1 Å². The molecule has 0 aromatic rings. The molecule has 0 bridgehead atoms. The third kappa shape index (κ3) is 4.88. The summed E-state index contributed by atoms with van der Waals surface area (Å²) in [4.78, 5) is 34.6. The lowest BCUT2D eigenvalue weighted by Crippen LogP contribution is -2.56. The van der Waals surface area contributed by atoms with Gasteiger partial charge in [0.05, 0.1) is 0 Å². The Morgan fingerprint density at radius 3 is 2.36 bits per heavy atom. The van der Waals surface area contributed by atoms with Gasteiger partial charge in [-0.3, -0.25) is 9.59 Å². The first kappa shape index (κ1) is 18.2. The lowest BCUT2D eigenvalue weighted by Gasteiger charge is -2.30. The molecule has 6 nitrogen and oxygen atoms in total. The van der Waals surface area contributed by atoms with E-state index in [0.717, 1.165) is 0 Å². The molecule has 1 aliphatic heterocycles. The molecule has 1 heterocycles. The molecule has 1 fully saturated rings. The van der Waals surface area contributed by atoms with Crippen molar-refractivity contribution in [2.24, 2.45) is 11.8 Å². The van der Waals surface area contributed by atoms with Crippen molar-refractivity contribution >= 4 is 17.8 Å². The Labute approximate surface area is 125 Å². The number of hydrogen-bond acceptors (Lipinski definition) is 3. The fourth-order valence-corrected chi connectivity index (χ4v) is 2.27. The van der Waals surface area contributed by atoms with Crippen LogP contribution in [0.4, 0.5) is 13.2 Å². The number of alkyl halides is 3. The number of halogens is 3. The Morgan fingerprint density at radius 2 is 1.95 bits per heavy atom. The Balaban J connectivity index is 2.66. The molecule has 126 valence electrons. The highest BCUT2D eigenvalue weighted by Crippen LogP contribution is 2.28. The number of carbonyl (C=O) groups is 3. The molecule has 0 radical (unpaired) electrons. The second kappa shape index (κ2) is 6.97. The molecule has 0 saturated carbocycles. The van der Waals surface area contributed by atoms with E-state index in [9.17, 15) is 27.6 Å². The average Bonchev–Trinajstić information content (AvgIpc) is 2.35. The standard InChI is InChI=1S/C13H19F3N2O4/c1-6(2)5-8(12(21)22)17-10(19)7-3-4-9(13(14,15)16)18-11(7)20/h6-9H,3-5H2,1-2H3,(H,17,19)(H,18,20)(H,21,22)/t7-,8-,9-/m1/s1. The Hall–Kier alpha value is -1.80. The maximum absolute atomic E-state index is 12.5. The van der Waals surface area contributed by atoms with E-state index in [-0.39, 0.29) is 18.8 Å². The van der Waals surface area contributed by atoms with Crippen molar-refractivity contribution in [2.75, 3.05) is 0 Å². The van der Waals surface area contributed by atoms with Crippen LogP contribution in [-0.4, -0.2) is 41.2 Å². The van der Waals surface area contributed by atoms with Gasteiger partial charge in [0.1, 0.15) is 18.0 Å². The molecule has 9 heteroatoms. The molecular weight excluding hydrogens is 305 g/mol. The van der Waals surface area contributed by atoms with Crippen molar-refractivity contribution < 1.29 is 32.7 Å². The lowest BCUT2D eigenvalue weighted by molar-refractivity contribution is -0.171. The van der Waals surface area contributed by atoms with Gasteiger partial charge < -0.3 is 15.7 Å². The number of amides is 2. The highest BCUT2D eigenvalue weighted by molar-refractivity contribution is 6.02. The van der Waals surface area contributed by atoms with Crippen molar-refractivity contribution in [3.63, 3.8) is 0 Å². The quantitative estimate of drug-likeness (QED) is 0.659. The molecule has 1 saturated heterocycles. The zero-order valence-corrected chi connectivity index (χ0v) is 12.2. The zero-order valence-electron chi connectivity index (χ0n) is 12.2. The first-order valence-electron chi connectivity index (χ1n) is 6.92. The first-order valence-corrected chi connectivity index (χ1v) is 6.92. The predicted molar refractivity (Wildman–Crippen MR) is 69.7 cm³/mol.